The van der Waals surface area contributed by atoms with E-state index in [0.717, 1.165) is 12.2 Å². The molecule has 0 unspecified atom stereocenters. The number of ether oxygens (including phenoxy) is 2. The average molecular weight is 282 g/mol. The molecule has 0 heterocycles. The van der Waals surface area contributed by atoms with E-state index in [2.05, 4.69) is 11.6 Å². The van der Waals surface area contributed by atoms with Crippen LogP contribution in [0.1, 0.15) is 19.3 Å². The summed E-state index contributed by atoms with van der Waals surface area (Å²) in [6.45, 7) is 0.938. The van der Waals surface area contributed by atoms with Crippen LogP contribution < -0.4 is 20.5 Å². The first-order chi connectivity index (χ1) is 9.14. The van der Waals surface area contributed by atoms with Crippen LogP contribution in [0.25, 0.3) is 0 Å². The van der Waals surface area contributed by atoms with Crippen LogP contribution in [0.3, 0.4) is 0 Å². The standard InChI is InChI=1S/C14H22N2O2S/c1-17-12-7-10(15)11(8-13(12)18-2)16-9-14(19-3)5-4-6-14/h7-8,16H,4-6,9,15H2,1-3H3. The van der Waals surface area contributed by atoms with Crippen LogP contribution in [0.15, 0.2) is 12.1 Å². The van der Waals surface area contributed by atoms with Crippen molar-refractivity contribution in [3.63, 3.8) is 0 Å². The predicted octanol–water partition coefficient (Wildman–Crippen LogP) is 2.98. The minimum absolute atomic E-state index is 0.375. The SMILES string of the molecule is COc1cc(N)c(NCC2(SC)CCC2)cc1OC. The Morgan fingerprint density at radius 3 is 2.37 bits per heavy atom. The van der Waals surface area contributed by atoms with Gasteiger partial charge in [-0.3, -0.25) is 0 Å². The molecule has 0 spiro atoms. The van der Waals surface area contributed by atoms with Crippen molar-refractivity contribution in [3.05, 3.63) is 12.1 Å². The predicted molar refractivity (Wildman–Crippen MR) is 82.5 cm³/mol. The second-order valence-electron chi connectivity index (χ2n) is 4.89. The maximum absolute atomic E-state index is 6.05. The third-order valence-electron chi connectivity index (χ3n) is 3.85. The van der Waals surface area contributed by atoms with Crippen molar-refractivity contribution in [2.75, 3.05) is 38.1 Å². The zero-order chi connectivity index (χ0) is 13.9. The fourth-order valence-corrected chi connectivity index (χ4v) is 3.24. The number of hydrogen-bond donors (Lipinski definition) is 2. The highest BCUT2D eigenvalue weighted by atomic mass is 32.2. The molecule has 0 aromatic heterocycles. The van der Waals surface area contributed by atoms with E-state index < -0.39 is 0 Å². The van der Waals surface area contributed by atoms with Crippen molar-refractivity contribution in [2.45, 2.75) is 24.0 Å². The van der Waals surface area contributed by atoms with E-state index >= 15 is 0 Å². The first-order valence-corrected chi connectivity index (χ1v) is 7.67. The van der Waals surface area contributed by atoms with Crippen molar-refractivity contribution >= 4 is 23.1 Å². The molecule has 106 valence electrons. The van der Waals surface area contributed by atoms with Gasteiger partial charge in [0.15, 0.2) is 11.5 Å². The van der Waals surface area contributed by atoms with Crippen LogP contribution in [0.2, 0.25) is 0 Å². The lowest BCUT2D eigenvalue weighted by molar-refractivity contribution is 0.355. The summed E-state index contributed by atoms with van der Waals surface area (Å²) in [6.07, 6.45) is 6.05. The van der Waals surface area contributed by atoms with Gasteiger partial charge >= 0.3 is 0 Å². The van der Waals surface area contributed by atoms with E-state index in [4.69, 9.17) is 15.2 Å². The van der Waals surface area contributed by atoms with Crippen LogP contribution in [-0.2, 0) is 0 Å². The highest BCUT2D eigenvalue weighted by Gasteiger charge is 2.35. The molecule has 0 atom stereocenters. The minimum Gasteiger partial charge on any atom is -0.493 e. The monoisotopic (exact) mass is 282 g/mol. The molecule has 0 bridgehead atoms. The van der Waals surface area contributed by atoms with Gasteiger partial charge in [-0.15, -0.1) is 0 Å². The third-order valence-corrected chi connectivity index (χ3v) is 5.27. The molecule has 0 amide bonds. The number of anilines is 2. The quantitative estimate of drug-likeness (QED) is 0.786. The molecule has 1 aromatic rings. The largest absolute Gasteiger partial charge is 0.493 e. The number of rotatable bonds is 6. The fourth-order valence-electron chi connectivity index (χ4n) is 2.33. The Labute approximate surface area is 119 Å². The molecule has 0 aliphatic heterocycles. The van der Waals surface area contributed by atoms with Crippen LogP contribution in [-0.4, -0.2) is 31.8 Å². The van der Waals surface area contributed by atoms with Gasteiger partial charge in [0.2, 0.25) is 0 Å². The molecule has 0 saturated heterocycles. The summed E-state index contributed by atoms with van der Waals surface area (Å²) in [5, 5.41) is 3.45. The summed E-state index contributed by atoms with van der Waals surface area (Å²) in [5.74, 6) is 1.36. The number of nitrogens with one attached hydrogen (secondary N) is 1. The Balaban J connectivity index is 2.11. The Hall–Kier alpha value is -1.23. The molecule has 1 fully saturated rings. The lowest BCUT2D eigenvalue weighted by atomic mass is 9.84. The van der Waals surface area contributed by atoms with Crippen LogP contribution >= 0.6 is 11.8 Å². The Kier molecular flexibility index (Phi) is 4.34. The zero-order valence-corrected chi connectivity index (χ0v) is 12.6. The van der Waals surface area contributed by atoms with E-state index in [1.807, 2.05) is 17.8 Å². The van der Waals surface area contributed by atoms with E-state index in [1.54, 1.807) is 20.3 Å². The van der Waals surface area contributed by atoms with Gasteiger partial charge in [-0.25, -0.2) is 0 Å². The minimum atomic E-state index is 0.375. The van der Waals surface area contributed by atoms with E-state index in [1.165, 1.54) is 19.3 Å². The average Bonchev–Trinajstić information content (AvgIpc) is 2.39. The Morgan fingerprint density at radius 2 is 1.89 bits per heavy atom. The van der Waals surface area contributed by atoms with Gasteiger partial charge in [-0.2, -0.15) is 11.8 Å². The second kappa shape index (κ2) is 5.82. The highest BCUT2D eigenvalue weighted by molar-refractivity contribution is 8.00. The molecule has 3 N–H and O–H groups in total. The van der Waals surface area contributed by atoms with Crippen molar-refractivity contribution in [1.82, 2.24) is 0 Å². The van der Waals surface area contributed by atoms with E-state index in [9.17, 15) is 0 Å². The maximum atomic E-state index is 6.05. The van der Waals surface area contributed by atoms with Crippen LogP contribution in [0.4, 0.5) is 11.4 Å². The van der Waals surface area contributed by atoms with Gasteiger partial charge in [0.05, 0.1) is 25.6 Å². The van der Waals surface area contributed by atoms with Gasteiger partial charge in [-0.1, -0.05) is 6.42 Å². The first kappa shape index (κ1) is 14.2. The van der Waals surface area contributed by atoms with E-state index in [0.29, 0.717) is 21.9 Å². The molecular formula is C14H22N2O2S. The number of benzene rings is 1. The molecular weight excluding hydrogens is 260 g/mol. The molecule has 19 heavy (non-hydrogen) atoms. The second-order valence-corrected chi connectivity index (χ2v) is 6.16. The number of thioether (sulfide) groups is 1. The van der Waals surface area contributed by atoms with Crippen LogP contribution in [0, 0.1) is 0 Å². The summed E-state index contributed by atoms with van der Waals surface area (Å²) in [5.41, 5.74) is 7.65. The lowest BCUT2D eigenvalue weighted by Gasteiger charge is -2.40. The van der Waals surface area contributed by atoms with Gasteiger partial charge in [0, 0.05) is 23.4 Å². The van der Waals surface area contributed by atoms with Gasteiger partial charge < -0.3 is 20.5 Å². The van der Waals surface area contributed by atoms with Crippen molar-refractivity contribution < 1.29 is 9.47 Å². The summed E-state index contributed by atoms with van der Waals surface area (Å²) in [6, 6.07) is 3.70. The first-order valence-electron chi connectivity index (χ1n) is 6.44. The molecule has 4 nitrogen and oxygen atoms in total. The fraction of sp³-hybridized carbons (Fsp3) is 0.571. The Bertz CT molecular complexity index is 442. The molecule has 1 saturated carbocycles. The summed E-state index contributed by atoms with van der Waals surface area (Å²) < 4.78 is 10.9. The van der Waals surface area contributed by atoms with Crippen LogP contribution in [0.5, 0.6) is 11.5 Å². The molecule has 5 heteroatoms. The molecule has 2 rings (SSSR count). The summed E-state index contributed by atoms with van der Waals surface area (Å²) in [7, 11) is 3.24. The molecule has 1 aromatic carbocycles. The maximum Gasteiger partial charge on any atom is 0.162 e. The highest BCUT2D eigenvalue weighted by Crippen LogP contribution is 2.43. The van der Waals surface area contributed by atoms with Crippen molar-refractivity contribution in [2.24, 2.45) is 0 Å². The normalized spacial score (nSPS) is 16.6. The number of hydrogen-bond acceptors (Lipinski definition) is 5. The molecule has 0 radical (unpaired) electrons. The van der Waals surface area contributed by atoms with E-state index in [-0.39, 0.29) is 0 Å². The van der Waals surface area contributed by atoms with Gasteiger partial charge in [0.25, 0.3) is 0 Å². The number of nitrogens with two attached hydrogens (primary N) is 1. The molecule has 1 aliphatic rings. The zero-order valence-electron chi connectivity index (χ0n) is 11.8. The van der Waals surface area contributed by atoms with Crippen molar-refractivity contribution in [1.29, 1.82) is 0 Å². The summed E-state index contributed by atoms with van der Waals surface area (Å²) in [4.78, 5) is 0. The Morgan fingerprint density at radius 1 is 1.26 bits per heavy atom. The smallest absolute Gasteiger partial charge is 0.162 e. The number of nitrogen functional groups attached to an aromatic ring is 1. The topological polar surface area (TPSA) is 56.5 Å². The van der Waals surface area contributed by atoms with Gasteiger partial charge in [-0.05, 0) is 19.1 Å². The van der Waals surface area contributed by atoms with Crippen molar-refractivity contribution in [3.8, 4) is 11.5 Å². The third kappa shape index (κ3) is 2.86. The van der Waals surface area contributed by atoms with Gasteiger partial charge in [0.1, 0.15) is 0 Å². The number of methoxy groups -OCH3 is 2. The summed E-state index contributed by atoms with van der Waals surface area (Å²) >= 11 is 1.94. The molecule has 1 aliphatic carbocycles. The lowest BCUT2D eigenvalue weighted by Crippen LogP contribution is -2.40.